The third-order valence-corrected chi connectivity index (χ3v) is 5.42. The number of nitro benzene ring substituents is 1. The highest BCUT2D eigenvalue weighted by atomic mass is 16.6. The number of esters is 1. The van der Waals surface area contributed by atoms with Gasteiger partial charge in [-0.2, -0.15) is 0 Å². The van der Waals surface area contributed by atoms with Crippen LogP contribution in [0.3, 0.4) is 0 Å². The number of likely N-dealkylation sites (N-methyl/N-ethyl adjacent to an activating group) is 1. The van der Waals surface area contributed by atoms with E-state index in [1.807, 2.05) is 30.3 Å². The molecule has 1 aliphatic rings. The molecule has 3 rings (SSSR count). The molecule has 1 atom stereocenters. The predicted molar refractivity (Wildman–Crippen MR) is 119 cm³/mol. The smallest absolute Gasteiger partial charge is 0.336 e. The molecule has 0 saturated carbocycles. The van der Waals surface area contributed by atoms with E-state index in [1.54, 1.807) is 37.9 Å². The monoisotopic (exact) mass is 435 g/mol. The lowest BCUT2D eigenvalue weighted by Gasteiger charge is -2.32. The molecule has 0 saturated heterocycles. The Morgan fingerprint density at radius 3 is 2.34 bits per heavy atom. The lowest BCUT2D eigenvalue weighted by Crippen LogP contribution is -2.37. The average molecular weight is 435 g/mol. The van der Waals surface area contributed by atoms with E-state index in [4.69, 9.17) is 4.74 Å². The number of nitrogens with one attached hydrogen (secondary N) is 1. The minimum Gasteiger partial charge on any atom is -0.466 e. The van der Waals surface area contributed by atoms with Crippen molar-refractivity contribution < 1.29 is 19.2 Å². The minimum atomic E-state index is -0.811. The summed E-state index contributed by atoms with van der Waals surface area (Å²) in [5, 5.41) is 14.5. The third kappa shape index (κ3) is 4.54. The minimum absolute atomic E-state index is 0.120. The van der Waals surface area contributed by atoms with Crippen LogP contribution in [0.4, 0.5) is 5.69 Å². The Kier molecular flexibility index (Phi) is 6.73. The highest BCUT2D eigenvalue weighted by molar-refractivity contribution is 6.02. The van der Waals surface area contributed by atoms with Gasteiger partial charge < -0.3 is 15.0 Å². The molecule has 8 nitrogen and oxygen atoms in total. The van der Waals surface area contributed by atoms with Gasteiger partial charge in [0.1, 0.15) is 0 Å². The van der Waals surface area contributed by atoms with Crippen LogP contribution < -0.4 is 5.32 Å². The van der Waals surface area contributed by atoms with Gasteiger partial charge in [0.25, 0.3) is 11.6 Å². The molecule has 0 aromatic heterocycles. The normalized spacial score (nSPS) is 15.8. The number of amides is 1. The number of benzene rings is 2. The Morgan fingerprint density at radius 1 is 1.06 bits per heavy atom. The second-order valence-corrected chi connectivity index (χ2v) is 7.63. The lowest BCUT2D eigenvalue weighted by molar-refractivity contribution is -0.384. The van der Waals surface area contributed by atoms with E-state index in [0.29, 0.717) is 29.1 Å². The molecule has 0 bridgehead atoms. The molecule has 8 heteroatoms. The fourth-order valence-corrected chi connectivity index (χ4v) is 3.94. The molecular formula is C24H25N3O5. The molecule has 1 unspecified atom stereocenters. The van der Waals surface area contributed by atoms with Gasteiger partial charge in [-0.1, -0.05) is 42.5 Å². The Labute approximate surface area is 186 Å². The number of rotatable bonds is 6. The number of dihydropyridines is 1. The molecule has 0 aliphatic carbocycles. The molecule has 0 spiro atoms. The summed E-state index contributed by atoms with van der Waals surface area (Å²) >= 11 is 0. The number of ether oxygens (including phenoxy) is 1. The summed E-state index contributed by atoms with van der Waals surface area (Å²) in [6.07, 6.45) is 0. The second-order valence-electron chi connectivity index (χ2n) is 7.63. The van der Waals surface area contributed by atoms with Gasteiger partial charge in [-0.25, -0.2) is 4.79 Å². The molecule has 1 amide bonds. The summed E-state index contributed by atoms with van der Waals surface area (Å²) in [4.78, 5) is 38.7. The van der Waals surface area contributed by atoms with Gasteiger partial charge in [-0.3, -0.25) is 14.9 Å². The van der Waals surface area contributed by atoms with E-state index in [-0.39, 0.29) is 17.2 Å². The van der Waals surface area contributed by atoms with E-state index in [0.717, 1.165) is 5.56 Å². The summed E-state index contributed by atoms with van der Waals surface area (Å²) in [5.41, 5.74) is 3.01. The number of nitrogens with zero attached hydrogens (tertiary/aromatic N) is 2. The van der Waals surface area contributed by atoms with Crippen LogP contribution in [0.1, 0.15) is 30.9 Å². The van der Waals surface area contributed by atoms with Gasteiger partial charge in [-0.05, 0) is 25.0 Å². The van der Waals surface area contributed by atoms with Crippen LogP contribution in [0.15, 0.2) is 77.1 Å². The van der Waals surface area contributed by atoms with Crippen molar-refractivity contribution in [2.24, 2.45) is 0 Å². The van der Waals surface area contributed by atoms with Crippen molar-refractivity contribution in [3.63, 3.8) is 0 Å². The van der Waals surface area contributed by atoms with Crippen molar-refractivity contribution in [1.82, 2.24) is 10.2 Å². The zero-order valence-electron chi connectivity index (χ0n) is 18.4. The summed E-state index contributed by atoms with van der Waals surface area (Å²) in [7, 11) is 2.95. The van der Waals surface area contributed by atoms with E-state index < -0.39 is 16.8 Å². The SMILES string of the molecule is COC(=O)C1=C(C)NC(C)=C(C(=O)N(C)Cc2ccccc2)C1c1cccc([N+](=O)[O-])c1. The summed E-state index contributed by atoms with van der Waals surface area (Å²) in [6, 6.07) is 15.5. The summed E-state index contributed by atoms with van der Waals surface area (Å²) < 4.78 is 4.99. The van der Waals surface area contributed by atoms with E-state index in [9.17, 15) is 19.7 Å². The van der Waals surface area contributed by atoms with E-state index in [1.165, 1.54) is 19.2 Å². The van der Waals surface area contributed by atoms with Gasteiger partial charge in [0.15, 0.2) is 0 Å². The van der Waals surface area contributed by atoms with Gasteiger partial charge >= 0.3 is 5.97 Å². The molecule has 1 heterocycles. The van der Waals surface area contributed by atoms with Crippen molar-refractivity contribution >= 4 is 17.6 Å². The fraction of sp³-hybridized carbons (Fsp3) is 0.250. The Balaban J connectivity index is 2.10. The van der Waals surface area contributed by atoms with E-state index >= 15 is 0 Å². The van der Waals surface area contributed by atoms with Crippen LogP contribution in [-0.2, 0) is 20.9 Å². The predicted octanol–water partition coefficient (Wildman–Crippen LogP) is 3.66. The van der Waals surface area contributed by atoms with Gasteiger partial charge in [0, 0.05) is 42.7 Å². The summed E-state index contributed by atoms with van der Waals surface area (Å²) in [5.74, 6) is -1.70. The van der Waals surface area contributed by atoms with Crippen molar-refractivity contribution in [2.75, 3.05) is 14.2 Å². The second kappa shape index (κ2) is 9.47. The molecule has 0 radical (unpaired) electrons. The number of carbonyl (C=O) groups is 2. The average Bonchev–Trinajstić information content (AvgIpc) is 2.78. The maximum Gasteiger partial charge on any atom is 0.336 e. The quantitative estimate of drug-likeness (QED) is 0.422. The Morgan fingerprint density at radius 2 is 1.72 bits per heavy atom. The van der Waals surface area contributed by atoms with Gasteiger partial charge in [-0.15, -0.1) is 0 Å². The first kappa shape index (κ1) is 22.7. The van der Waals surface area contributed by atoms with Crippen molar-refractivity contribution in [1.29, 1.82) is 0 Å². The van der Waals surface area contributed by atoms with Crippen molar-refractivity contribution in [2.45, 2.75) is 26.3 Å². The molecule has 1 aliphatic heterocycles. The third-order valence-electron chi connectivity index (χ3n) is 5.42. The molecule has 2 aromatic carbocycles. The maximum absolute atomic E-state index is 13.6. The number of nitro groups is 1. The topological polar surface area (TPSA) is 102 Å². The van der Waals surface area contributed by atoms with Gasteiger partial charge in [0.2, 0.25) is 0 Å². The van der Waals surface area contributed by atoms with Crippen LogP contribution in [0.25, 0.3) is 0 Å². The highest BCUT2D eigenvalue weighted by Crippen LogP contribution is 2.40. The molecule has 0 fully saturated rings. The zero-order valence-corrected chi connectivity index (χ0v) is 18.4. The molecule has 1 N–H and O–H groups in total. The fourth-order valence-electron chi connectivity index (χ4n) is 3.94. The standard InChI is InChI=1S/C24H25N3O5/c1-15-20(23(28)26(3)14-17-9-6-5-7-10-17)22(21(16(2)25-15)24(29)32-4)18-11-8-12-19(13-18)27(30)31/h5-13,22,25H,14H2,1-4H3. The van der Waals surface area contributed by atoms with E-state index in [2.05, 4.69) is 5.32 Å². The van der Waals surface area contributed by atoms with Crippen LogP contribution in [0.2, 0.25) is 0 Å². The first-order valence-corrected chi connectivity index (χ1v) is 10.0. The molecular weight excluding hydrogens is 410 g/mol. The molecule has 2 aromatic rings. The Bertz CT molecular complexity index is 1120. The van der Waals surface area contributed by atoms with Crippen LogP contribution in [0.5, 0.6) is 0 Å². The molecule has 32 heavy (non-hydrogen) atoms. The number of methoxy groups -OCH3 is 1. The first-order valence-electron chi connectivity index (χ1n) is 10.0. The summed E-state index contributed by atoms with van der Waals surface area (Å²) in [6.45, 7) is 3.84. The van der Waals surface area contributed by atoms with Crippen molar-refractivity contribution in [3.8, 4) is 0 Å². The van der Waals surface area contributed by atoms with Crippen LogP contribution >= 0.6 is 0 Å². The van der Waals surface area contributed by atoms with Gasteiger partial charge in [0.05, 0.1) is 23.5 Å². The number of allylic oxidation sites excluding steroid dienone is 2. The maximum atomic E-state index is 13.6. The Hall–Kier alpha value is -3.94. The number of hydrogen-bond acceptors (Lipinski definition) is 6. The first-order chi connectivity index (χ1) is 15.2. The number of non-ortho nitro benzene ring substituents is 1. The van der Waals surface area contributed by atoms with Crippen LogP contribution in [-0.4, -0.2) is 35.9 Å². The molecule has 166 valence electrons. The van der Waals surface area contributed by atoms with Crippen LogP contribution in [0, 0.1) is 10.1 Å². The number of carbonyl (C=O) groups excluding carboxylic acids is 2. The highest BCUT2D eigenvalue weighted by Gasteiger charge is 2.38. The lowest BCUT2D eigenvalue weighted by atomic mass is 9.79. The van der Waals surface area contributed by atoms with Crippen molar-refractivity contribution in [3.05, 3.63) is 98.4 Å². The largest absolute Gasteiger partial charge is 0.466 e. The zero-order chi connectivity index (χ0) is 23.4. The number of hydrogen-bond donors (Lipinski definition) is 1.